The van der Waals surface area contributed by atoms with E-state index >= 15 is 0 Å². The Kier molecular flexibility index (Phi) is 6.92. The highest BCUT2D eigenvalue weighted by Crippen LogP contribution is 2.39. The quantitative estimate of drug-likeness (QED) is 0.301. The third kappa shape index (κ3) is 4.62. The molecule has 0 radical (unpaired) electrons. The number of aliphatic hydroxyl groups is 2. The van der Waals surface area contributed by atoms with E-state index in [1.165, 1.54) is 4.90 Å². The Balaban J connectivity index is 2.05. The maximum atomic E-state index is 12.8. The molecule has 0 saturated carbocycles. The summed E-state index contributed by atoms with van der Waals surface area (Å²) in [6, 6.07) is 12.3. The van der Waals surface area contributed by atoms with Crippen LogP contribution in [0.3, 0.4) is 0 Å². The van der Waals surface area contributed by atoms with Gasteiger partial charge in [-0.25, -0.2) is 0 Å². The molecule has 152 valence electrons. The lowest BCUT2D eigenvalue weighted by atomic mass is 9.95. The topological polar surface area (TPSA) is 87.1 Å². The van der Waals surface area contributed by atoms with Gasteiger partial charge in [0.25, 0.3) is 11.7 Å². The maximum Gasteiger partial charge on any atom is 0.295 e. The van der Waals surface area contributed by atoms with Crippen molar-refractivity contribution >= 4 is 40.7 Å². The highest BCUT2D eigenvalue weighted by molar-refractivity contribution is 6.46. The third-order valence-electron chi connectivity index (χ3n) is 4.56. The van der Waals surface area contributed by atoms with Crippen LogP contribution in [-0.4, -0.2) is 53.2 Å². The van der Waals surface area contributed by atoms with Crippen LogP contribution >= 0.6 is 23.2 Å². The molecule has 1 saturated heterocycles. The molecule has 1 heterocycles. The number of ketones is 1. The van der Waals surface area contributed by atoms with Crippen molar-refractivity contribution in [3.63, 3.8) is 0 Å². The molecule has 0 spiro atoms. The number of nitrogens with zero attached hydrogens (tertiary/aromatic N) is 1. The van der Waals surface area contributed by atoms with Crippen molar-refractivity contribution in [3.05, 3.63) is 75.3 Å². The summed E-state index contributed by atoms with van der Waals surface area (Å²) in [5, 5.41) is 20.7. The average Bonchev–Trinajstić information content (AvgIpc) is 2.96. The first-order chi connectivity index (χ1) is 13.9. The van der Waals surface area contributed by atoms with Gasteiger partial charge in [0.15, 0.2) is 0 Å². The molecule has 0 aromatic heterocycles. The molecule has 1 aliphatic heterocycles. The minimum Gasteiger partial charge on any atom is -0.507 e. The van der Waals surface area contributed by atoms with E-state index in [1.54, 1.807) is 48.5 Å². The van der Waals surface area contributed by atoms with E-state index in [1.807, 2.05) is 0 Å². The lowest BCUT2D eigenvalue weighted by Gasteiger charge is -2.25. The molecule has 1 atom stereocenters. The van der Waals surface area contributed by atoms with Gasteiger partial charge in [0, 0.05) is 22.2 Å². The summed E-state index contributed by atoms with van der Waals surface area (Å²) in [5.74, 6) is -1.79. The van der Waals surface area contributed by atoms with Crippen molar-refractivity contribution < 1.29 is 24.5 Å². The summed E-state index contributed by atoms with van der Waals surface area (Å²) >= 11 is 11.9. The van der Waals surface area contributed by atoms with Gasteiger partial charge in [0.1, 0.15) is 5.76 Å². The van der Waals surface area contributed by atoms with Gasteiger partial charge in [-0.05, 0) is 42.0 Å². The molecule has 6 nitrogen and oxygen atoms in total. The Bertz CT molecular complexity index is 925. The highest BCUT2D eigenvalue weighted by Gasteiger charge is 2.45. The molecule has 2 aromatic rings. The summed E-state index contributed by atoms with van der Waals surface area (Å²) in [6.07, 6.45) is 0. The number of likely N-dealkylation sites (tertiary alicyclic amines) is 1. The lowest BCUT2D eigenvalue weighted by molar-refractivity contribution is -0.140. The van der Waals surface area contributed by atoms with Gasteiger partial charge >= 0.3 is 0 Å². The number of amides is 1. The van der Waals surface area contributed by atoms with Crippen LogP contribution in [0.1, 0.15) is 17.2 Å². The summed E-state index contributed by atoms with van der Waals surface area (Å²) < 4.78 is 5.26. The van der Waals surface area contributed by atoms with Crippen LogP contribution in [0.4, 0.5) is 0 Å². The van der Waals surface area contributed by atoms with E-state index in [4.69, 9.17) is 33.0 Å². The fourth-order valence-corrected chi connectivity index (χ4v) is 3.45. The molecule has 2 aromatic carbocycles. The summed E-state index contributed by atoms with van der Waals surface area (Å²) in [7, 11) is 0. The average molecular weight is 436 g/mol. The summed E-state index contributed by atoms with van der Waals surface area (Å²) in [4.78, 5) is 26.8. The number of benzene rings is 2. The number of carbonyl (C=O) groups is 2. The van der Waals surface area contributed by atoms with Crippen molar-refractivity contribution in [3.8, 4) is 0 Å². The molecule has 0 bridgehead atoms. The van der Waals surface area contributed by atoms with Gasteiger partial charge in [0.2, 0.25) is 0 Å². The van der Waals surface area contributed by atoms with E-state index in [2.05, 4.69) is 0 Å². The minimum atomic E-state index is -0.791. The molecule has 1 unspecified atom stereocenters. The summed E-state index contributed by atoms with van der Waals surface area (Å²) in [5.41, 5.74) is 0.996. The van der Waals surface area contributed by atoms with Crippen LogP contribution in [0.5, 0.6) is 0 Å². The molecular weight excluding hydrogens is 417 g/mol. The molecule has 29 heavy (non-hydrogen) atoms. The first-order valence-corrected chi connectivity index (χ1v) is 9.68. The zero-order valence-electron chi connectivity index (χ0n) is 15.3. The van der Waals surface area contributed by atoms with Crippen molar-refractivity contribution in [1.82, 2.24) is 4.90 Å². The number of halogens is 2. The van der Waals surface area contributed by atoms with Gasteiger partial charge in [-0.1, -0.05) is 35.3 Å². The number of hydrogen-bond donors (Lipinski definition) is 2. The largest absolute Gasteiger partial charge is 0.507 e. The highest BCUT2D eigenvalue weighted by atomic mass is 35.5. The van der Waals surface area contributed by atoms with Gasteiger partial charge in [-0.15, -0.1) is 0 Å². The zero-order valence-corrected chi connectivity index (χ0v) is 16.9. The predicted molar refractivity (Wildman–Crippen MR) is 110 cm³/mol. The Labute approximate surface area is 177 Å². The van der Waals surface area contributed by atoms with E-state index in [-0.39, 0.29) is 37.7 Å². The van der Waals surface area contributed by atoms with E-state index < -0.39 is 17.7 Å². The second-order valence-corrected chi connectivity index (χ2v) is 7.26. The second-order valence-electron chi connectivity index (χ2n) is 6.39. The Hall–Kier alpha value is -2.38. The van der Waals surface area contributed by atoms with Crippen LogP contribution < -0.4 is 0 Å². The van der Waals surface area contributed by atoms with Crippen LogP contribution in [0.2, 0.25) is 10.0 Å². The fourth-order valence-electron chi connectivity index (χ4n) is 3.20. The molecule has 3 rings (SSSR count). The normalized spacial score (nSPS) is 18.4. The predicted octanol–water partition coefficient (Wildman–Crippen LogP) is 3.42. The second kappa shape index (κ2) is 9.41. The SMILES string of the molecule is O=C1C(=O)N(CCOCCO)C(c2ccc(Cl)cc2)C1=C(O)c1ccc(Cl)cc1. The van der Waals surface area contributed by atoms with Crippen LogP contribution in [0, 0.1) is 0 Å². The first kappa shape index (κ1) is 21.3. The van der Waals surface area contributed by atoms with Crippen molar-refractivity contribution in [1.29, 1.82) is 0 Å². The zero-order chi connectivity index (χ0) is 21.0. The van der Waals surface area contributed by atoms with Crippen LogP contribution in [-0.2, 0) is 14.3 Å². The maximum absolute atomic E-state index is 12.8. The Morgan fingerprint density at radius 2 is 1.55 bits per heavy atom. The van der Waals surface area contributed by atoms with Gasteiger partial charge in [-0.3, -0.25) is 9.59 Å². The van der Waals surface area contributed by atoms with E-state index in [0.29, 0.717) is 21.2 Å². The molecule has 8 heteroatoms. The monoisotopic (exact) mass is 435 g/mol. The smallest absolute Gasteiger partial charge is 0.295 e. The number of rotatable bonds is 7. The van der Waals surface area contributed by atoms with E-state index in [9.17, 15) is 14.7 Å². The fraction of sp³-hybridized carbons (Fsp3) is 0.238. The molecular formula is C21H19Cl2NO5. The number of Topliss-reactive ketones (excluding diaryl/α,β-unsaturated/α-hetero) is 1. The lowest BCUT2D eigenvalue weighted by Crippen LogP contribution is -2.33. The number of hydrogen-bond acceptors (Lipinski definition) is 5. The van der Waals surface area contributed by atoms with Gasteiger partial charge in [0.05, 0.1) is 31.4 Å². The molecule has 0 aliphatic carbocycles. The Morgan fingerprint density at radius 3 is 2.14 bits per heavy atom. The first-order valence-electron chi connectivity index (χ1n) is 8.92. The van der Waals surface area contributed by atoms with Crippen LogP contribution in [0.15, 0.2) is 54.1 Å². The van der Waals surface area contributed by atoms with Crippen LogP contribution in [0.25, 0.3) is 5.76 Å². The number of carbonyl (C=O) groups excluding carboxylic acids is 2. The summed E-state index contributed by atoms with van der Waals surface area (Å²) in [6.45, 7) is 0.240. The molecule has 1 fully saturated rings. The number of ether oxygens (including phenoxy) is 1. The molecule has 1 aliphatic rings. The standard InChI is InChI=1S/C21H19Cl2NO5/c22-15-5-1-13(2-6-15)18-17(19(26)14-3-7-16(23)8-4-14)20(27)21(28)24(18)9-11-29-12-10-25/h1-8,18,25-26H,9-12H2. The van der Waals surface area contributed by atoms with Gasteiger partial charge < -0.3 is 19.8 Å². The minimum absolute atomic E-state index is 0.0122. The van der Waals surface area contributed by atoms with Gasteiger partial charge in [-0.2, -0.15) is 0 Å². The van der Waals surface area contributed by atoms with Crippen molar-refractivity contribution in [2.75, 3.05) is 26.4 Å². The molecule has 1 amide bonds. The molecule has 2 N–H and O–H groups in total. The number of aliphatic hydroxyl groups excluding tert-OH is 2. The van der Waals surface area contributed by atoms with Crippen molar-refractivity contribution in [2.24, 2.45) is 0 Å². The van der Waals surface area contributed by atoms with Crippen molar-refractivity contribution in [2.45, 2.75) is 6.04 Å². The Morgan fingerprint density at radius 1 is 0.966 bits per heavy atom. The van der Waals surface area contributed by atoms with E-state index in [0.717, 1.165) is 0 Å². The third-order valence-corrected chi connectivity index (χ3v) is 5.06.